The molecule has 114 valence electrons. The summed E-state index contributed by atoms with van der Waals surface area (Å²) in [7, 11) is 0. The fraction of sp³-hybridized carbons (Fsp3) is 0.308. The van der Waals surface area contributed by atoms with Crippen molar-refractivity contribution in [2.24, 2.45) is 0 Å². The van der Waals surface area contributed by atoms with Crippen molar-refractivity contribution in [3.8, 4) is 0 Å². The summed E-state index contributed by atoms with van der Waals surface area (Å²) in [5, 5.41) is 11.8. The quantitative estimate of drug-likeness (QED) is 0.781. The van der Waals surface area contributed by atoms with Crippen molar-refractivity contribution in [1.82, 2.24) is 0 Å². The first-order valence-corrected chi connectivity index (χ1v) is 6.75. The monoisotopic (exact) mass is 333 g/mol. The number of carbonyl (C=O) groups is 3. The molecule has 2 N–H and O–H groups in total. The van der Waals surface area contributed by atoms with Gasteiger partial charge in [-0.2, -0.15) is 0 Å². The molecule has 0 radical (unpaired) electrons. The lowest BCUT2D eigenvalue weighted by Crippen LogP contribution is -2.34. The molecule has 1 amide bonds. The Morgan fingerprint density at radius 2 is 1.81 bits per heavy atom. The second-order valence-corrected chi connectivity index (χ2v) is 4.95. The van der Waals surface area contributed by atoms with E-state index >= 15 is 0 Å². The molecule has 8 heteroatoms. The van der Waals surface area contributed by atoms with E-state index in [-0.39, 0.29) is 12.1 Å². The Labute approximate surface area is 131 Å². The molecule has 0 saturated carbocycles. The first-order chi connectivity index (χ1) is 9.81. The summed E-state index contributed by atoms with van der Waals surface area (Å²) in [6.45, 7) is 1.54. The van der Waals surface area contributed by atoms with Crippen LogP contribution in [0.3, 0.4) is 0 Å². The molecule has 1 atom stereocenters. The first-order valence-electron chi connectivity index (χ1n) is 6.00. The summed E-state index contributed by atoms with van der Waals surface area (Å²) in [5.41, 5.74) is 0.278. The summed E-state index contributed by atoms with van der Waals surface area (Å²) in [6, 6.07) is 4.35. The maximum absolute atomic E-state index is 12.0. The van der Waals surface area contributed by atoms with E-state index in [0.29, 0.717) is 10.0 Å². The predicted molar refractivity (Wildman–Crippen MR) is 77.5 cm³/mol. The second kappa shape index (κ2) is 7.85. The highest BCUT2D eigenvalue weighted by atomic mass is 35.5. The number of esters is 1. The average molecular weight is 334 g/mol. The second-order valence-electron chi connectivity index (χ2n) is 4.08. The van der Waals surface area contributed by atoms with Gasteiger partial charge < -0.3 is 15.2 Å². The van der Waals surface area contributed by atoms with Crippen LogP contribution in [0.2, 0.25) is 10.0 Å². The molecule has 0 aliphatic rings. The number of anilines is 1. The molecular weight excluding hydrogens is 321 g/mol. The topological polar surface area (TPSA) is 92.7 Å². The molecular formula is C13H13Cl2NO5. The maximum Gasteiger partial charge on any atom is 0.307 e. The van der Waals surface area contributed by atoms with Gasteiger partial charge in [0.25, 0.3) is 5.91 Å². The Morgan fingerprint density at radius 3 is 2.29 bits per heavy atom. The summed E-state index contributed by atoms with van der Waals surface area (Å²) in [5.74, 6) is -2.69. The summed E-state index contributed by atoms with van der Waals surface area (Å²) >= 11 is 11.6. The van der Waals surface area contributed by atoms with Gasteiger partial charge in [0, 0.05) is 22.2 Å². The number of aliphatic carboxylic acids is 1. The highest BCUT2D eigenvalue weighted by Gasteiger charge is 2.25. The Bertz CT molecular complexity index is 541. The van der Waals surface area contributed by atoms with Gasteiger partial charge >= 0.3 is 11.9 Å². The Morgan fingerprint density at radius 1 is 1.24 bits per heavy atom. The number of amides is 1. The van der Waals surface area contributed by atoms with Crippen LogP contribution in [0.25, 0.3) is 0 Å². The van der Waals surface area contributed by atoms with Gasteiger partial charge in [-0.25, -0.2) is 0 Å². The van der Waals surface area contributed by atoms with Crippen LogP contribution in [-0.2, 0) is 19.1 Å². The Hall–Kier alpha value is -1.79. The van der Waals surface area contributed by atoms with Crippen LogP contribution in [-0.4, -0.2) is 29.1 Å². The number of hydrogen-bond acceptors (Lipinski definition) is 4. The van der Waals surface area contributed by atoms with Gasteiger partial charge in [-0.1, -0.05) is 30.1 Å². The molecule has 0 aromatic heterocycles. The number of carboxylic acids is 1. The molecule has 0 heterocycles. The zero-order valence-electron chi connectivity index (χ0n) is 11.1. The largest absolute Gasteiger partial charge is 0.481 e. The van der Waals surface area contributed by atoms with Gasteiger partial charge in [-0.05, 0) is 18.2 Å². The number of carboxylic acid groups (broad SMARTS) is 1. The number of benzene rings is 1. The SMILES string of the molecule is CCC(=O)OC(CC(=O)O)C(=O)Nc1cc(Cl)cc(Cl)c1. The summed E-state index contributed by atoms with van der Waals surface area (Å²) in [6.07, 6.45) is -2.02. The fourth-order valence-corrected chi connectivity index (χ4v) is 1.96. The molecule has 0 spiro atoms. The highest BCUT2D eigenvalue weighted by Crippen LogP contribution is 2.22. The van der Waals surface area contributed by atoms with E-state index in [1.54, 1.807) is 0 Å². The third-order valence-electron chi connectivity index (χ3n) is 2.34. The van der Waals surface area contributed by atoms with E-state index < -0.39 is 30.4 Å². The Kier molecular flexibility index (Phi) is 6.45. The number of carbonyl (C=O) groups excluding carboxylic acids is 2. The number of halogens is 2. The van der Waals surface area contributed by atoms with Crippen LogP contribution < -0.4 is 5.32 Å². The van der Waals surface area contributed by atoms with Crippen molar-refractivity contribution in [2.75, 3.05) is 5.32 Å². The van der Waals surface area contributed by atoms with E-state index in [1.165, 1.54) is 25.1 Å². The van der Waals surface area contributed by atoms with Gasteiger partial charge in [-0.15, -0.1) is 0 Å². The molecule has 0 fully saturated rings. The standard InChI is InChI=1S/C13H13Cl2NO5/c1-2-12(19)21-10(6-11(17)18)13(20)16-9-4-7(14)3-8(15)5-9/h3-5,10H,2,6H2,1H3,(H,16,20)(H,17,18). The summed E-state index contributed by atoms with van der Waals surface area (Å²) in [4.78, 5) is 33.9. The van der Waals surface area contributed by atoms with E-state index in [0.717, 1.165) is 0 Å². The number of ether oxygens (including phenoxy) is 1. The number of hydrogen-bond donors (Lipinski definition) is 2. The molecule has 0 saturated heterocycles. The summed E-state index contributed by atoms with van der Waals surface area (Å²) < 4.78 is 4.81. The first kappa shape index (κ1) is 17.3. The minimum absolute atomic E-state index is 0.0341. The molecule has 1 rings (SSSR count). The van der Waals surface area contributed by atoms with Crippen LogP contribution in [0.5, 0.6) is 0 Å². The third-order valence-corrected chi connectivity index (χ3v) is 2.78. The highest BCUT2D eigenvalue weighted by molar-refractivity contribution is 6.35. The van der Waals surface area contributed by atoms with E-state index in [4.69, 9.17) is 33.0 Å². The number of rotatable bonds is 6. The molecule has 0 aliphatic carbocycles. The zero-order valence-corrected chi connectivity index (χ0v) is 12.6. The van der Waals surface area contributed by atoms with Gasteiger partial charge in [0.15, 0.2) is 6.10 Å². The average Bonchev–Trinajstić information content (AvgIpc) is 2.35. The van der Waals surface area contributed by atoms with E-state index in [1.807, 2.05) is 0 Å². The normalized spacial score (nSPS) is 11.6. The van der Waals surface area contributed by atoms with Gasteiger partial charge in [-0.3, -0.25) is 14.4 Å². The van der Waals surface area contributed by atoms with Crippen LogP contribution in [0.1, 0.15) is 19.8 Å². The van der Waals surface area contributed by atoms with Crippen molar-refractivity contribution in [2.45, 2.75) is 25.9 Å². The van der Waals surface area contributed by atoms with E-state index in [9.17, 15) is 14.4 Å². The van der Waals surface area contributed by atoms with Crippen molar-refractivity contribution in [3.63, 3.8) is 0 Å². The van der Waals surface area contributed by atoms with Crippen molar-refractivity contribution in [3.05, 3.63) is 28.2 Å². The lowest BCUT2D eigenvalue weighted by molar-refractivity contribution is -0.157. The number of nitrogens with one attached hydrogen (secondary N) is 1. The minimum Gasteiger partial charge on any atom is -0.481 e. The third kappa shape index (κ3) is 6.01. The fourth-order valence-electron chi connectivity index (χ4n) is 1.44. The molecule has 21 heavy (non-hydrogen) atoms. The molecule has 6 nitrogen and oxygen atoms in total. The van der Waals surface area contributed by atoms with Crippen LogP contribution in [0.4, 0.5) is 5.69 Å². The Balaban J connectivity index is 2.84. The van der Waals surface area contributed by atoms with Gasteiger partial charge in [0.2, 0.25) is 0 Å². The lowest BCUT2D eigenvalue weighted by atomic mass is 10.2. The smallest absolute Gasteiger partial charge is 0.307 e. The van der Waals surface area contributed by atoms with E-state index in [2.05, 4.69) is 5.32 Å². The van der Waals surface area contributed by atoms with Crippen molar-refractivity contribution < 1.29 is 24.2 Å². The molecule has 0 bridgehead atoms. The van der Waals surface area contributed by atoms with Crippen LogP contribution in [0, 0.1) is 0 Å². The predicted octanol–water partition coefficient (Wildman–Crippen LogP) is 2.73. The van der Waals surface area contributed by atoms with Crippen molar-refractivity contribution >= 4 is 46.7 Å². The lowest BCUT2D eigenvalue weighted by Gasteiger charge is -2.16. The molecule has 1 aromatic rings. The van der Waals surface area contributed by atoms with Gasteiger partial charge in [0.1, 0.15) is 0 Å². The zero-order chi connectivity index (χ0) is 16.0. The molecule has 1 aromatic carbocycles. The maximum atomic E-state index is 12.0. The van der Waals surface area contributed by atoms with Crippen LogP contribution >= 0.6 is 23.2 Å². The molecule has 0 aliphatic heterocycles. The molecule has 1 unspecified atom stereocenters. The van der Waals surface area contributed by atoms with Crippen molar-refractivity contribution in [1.29, 1.82) is 0 Å². The van der Waals surface area contributed by atoms with Crippen LogP contribution in [0.15, 0.2) is 18.2 Å². The van der Waals surface area contributed by atoms with Gasteiger partial charge in [0.05, 0.1) is 6.42 Å². The minimum atomic E-state index is -1.42.